The molecule has 0 aromatic carbocycles. The molecule has 0 amide bonds. The SMILES string of the molecule is OC(Cc1ccc(Cl)s1)c1ncn[nH]1. The number of hydrogen-bond donors (Lipinski definition) is 2. The van der Waals surface area contributed by atoms with Crippen LogP contribution in [-0.4, -0.2) is 20.3 Å². The molecule has 0 aliphatic rings. The van der Waals surface area contributed by atoms with Crippen LogP contribution >= 0.6 is 22.9 Å². The van der Waals surface area contributed by atoms with E-state index in [1.807, 2.05) is 12.1 Å². The van der Waals surface area contributed by atoms with Gasteiger partial charge in [0.1, 0.15) is 12.4 Å². The van der Waals surface area contributed by atoms with Crippen LogP contribution in [0.25, 0.3) is 0 Å². The van der Waals surface area contributed by atoms with Crippen molar-refractivity contribution in [1.29, 1.82) is 0 Å². The molecule has 0 saturated carbocycles. The molecule has 1 atom stereocenters. The van der Waals surface area contributed by atoms with E-state index in [1.165, 1.54) is 17.7 Å². The lowest BCUT2D eigenvalue weighted by Gasteiger charge is -2.03. The average molecular weight is 230 g/mol. The van der Waals surface area contributed by atoms with Crippen LogP contribution in [0.15, 0.2) is 18.5 Å². The zero-order chi connectivity index (χ0) is 9.97. The van der Waals surface area contributed by atoms with Gasteiger partial charge >= 0.3 is 0 Å². The highest BCUT2D eigenvalue weighted by atomic mass is 35.5. The minimum atomic E-state index is -0.646. The van der Waals surface area contributed by atoms with E-state index >= 15 is 0 Å². The summed E-state index contributed by atoms with van der Waals surface area (Å²) in [5.74, 6) is 0.481. The molecule has 6 heteroatoms. The van der Waals surface area contributed by atoms with Gasteiger partial charge in [-0.05, 0) is 12.1 Å². The molecule has 0 saturated heterocycles. The van der Waals surface area contributed by atoms with Crippen molar-refractivity contribution in [3.8, 4) is 0 Å². The van der Waals surface area contributed by atoms with E-state index in [-0.39, 0.29) is 0 Å². The minimum Gasteiger partial charge on any atom is -0.385 e. The number of nitrogens with zero attached hydrogens (tertiary/aromatic N) is 2. The van der Waals surface area contributed by atoms with Crippen LogP contribution < -0.4 is 0 Å². The minimum absolute atomic E-state index is 0.481. The molecule has 0 fully saturated rings. The molecule has 2 aromatic rings. The molecule has 0 aliphatic heterocycles. The fraction of sp³-hybridized carbons (Fsp3) is 0.250. The Morgan fingerprint density at radius 1 is 1.57 bits per heavy atom. The molecule has 0 radical (unpaired) electrons. The lowest BCUT2D eigenvalue weighted by molar-refractivity contribution is 0.169. The molecule has 2 rings (SSSR count). The Hall–Kier alpha value is -0.910. The van der Waals surface area contributed by atoms with Crippen LogP contribution in [0, 0.1) is 0 Å². The van der Waals surface area contributed by atoms with Gasteiger partial charge in [0.05, 0.1) is 4.34 Å². The Morgan fingerprint density at radius 2 is 2.43 bits per heavy atom. The van der Waals surface area contributed by atoms with E-state index in [9.17, 15) is 5.11 Å². The van der Waals surface area contributed by atoms with Gasteiger partial charge in [-0.2, -0.15) is 5.10 Å². The highest BCUT2D eigenvalue weighted by molar-refractivity contribution is 7.16. The summed E-state index contributed by atoms with van der Waals surface area (Å²) in [6.07, 6.45) is 1.24. The van der Waals surface area contributed by atoms with Crippen molar-refractivity contribution in [3.63, 3.8) is 0 Å². The fourth-order valence-electron chi connectivity index (χ4n) is 1.12. The standard InChI is InChI=1S/C8H8ClN3OS/c9-7-2-1-5(14-7)3-6(13)8-10-4-11-12-8/h1-2,4,6,13H,3H2,(H,10,11,12). The molecule has 2 heterocycles. The second-order valence-corrected chi connectivity index (χ2v) is 4.60. The van der Waals surface area contributed by atoms with Crippen molar-refractivity contribution < 1.29 is 5.11 Å². The molecule has 14 heavy (non-hydrogen) atoms. The van der Waals surface area contributed by atoms with Crippen LogP contribution in [0.4, 0.5) is 0 Å². The number of thiophene rings is 1. The van der Waals surface area contributed by atoms with Crippen LogP contribution in [0.3, 0.4) is 0 Å². The zero-order valence-corrected chi connectivity index (χ0v) is 8.72. The van der Waals surface area contributed by atoms with Crippen molar-refractivity contribution in [2.75, 3.05) is 0 Å². The van der Waals surface area contributed by atoms with Gasteiger partial charge in [-0.15, -0.1) is 11.3 Å². The Kier molecular flexibility index (Phi) is 2.81. The van der Waals surface area contributed by atoms with Crippen molar-refractivity contribution in [1.82, 2.24) is 15.2 Å². The maximum atomic E-state index is 9.70. The second kappa shape index (κ2) is 4.08. The number of hydrogen-bond acceptors (Lipinski definition) is 4. The molecule has 1 unspecified atom stereocenters. The van der Waals surface area contributed by atoms with E-state index in [0.29, 0.717) is 12.2 Å². The summed E-state index contributed by atoms with van der Waals surface area (Å²) in [5.41, 5.74) is 0. The van der Waals surface area contributed by atoms with E-state index in [4.69, 9.17) is 11.6 Å². The van der Waals surface area contributed by atoms with Crippen molar-refractivity contribution >= 4 is 22.9 Å². The monoisotopic (exact) mass is 229 g/mol. The Morgan fingerprint density at radius 3 is 3.00 bits per heavy atom. The van der Waals surface area contributed by atoms with Crippen molar-refractivity contribution in [2.45, 2.75) is 12.5 Å². The van der Waals surface area contributed by atoms with Crippen LogP contribution in [-0.2, 0) is 6.42 Å². The summed E-state index contributed by atoms with van der Waals surface area (Å²) in [6, 6.07) is 3.71. The molecule has 0 spiro atoms. The van der Waals surface area contributed by atoms with Crippen LogP contribution in [0.2, 0.25) is 4.34 Å². The fourth-order valence-corrected chi connectivity index (χ4v) is 2.25. The number of aromatic amines is 1. The van der Waals surface area contributed by atoms with Crippen LogP contribution in [0.5, 0.6) is 0 Å². The van der Waals surface area contributed by atoms with E-state index < -0.39 is 6.10 Å². The number of aliphatic hydroxyl groups excluding tert-OH is 1. The summed E-state index contributed by atoms with van der Waals surface area (Å²) < 4.78 is 0.727. The number of halogens is 1. The highest BCUT2D eigenvalue weighted by Gasteiger charge is 2.12. The van der Waals surface area contributed by atoms with Gasteiger partial charge in [-0.25, -0.2) is 4.98 Å². The molecular weight excluding hydrogens is 222 g/mol. The summed E-state index contributed by atoms with van der Waals surface area (Å²) in [7, 11) is 0. The van der Waals surface area contributed by atoms with Gasteiger partial charge < -0.3 is 5.11 Å². The maximum absolute atomic E-state index is 9.70. The number of H-pyrrole nitrogens is 1. The molecule has 74 valence electrons. The zero-order valence-electron chi connectivity index (χ0n) is 7.14. The largest absolute Gasteiger partial charge is 0.385 e. The number of aromatic nitrogens is 3. The Bertz CT molecular complexity index is 400. The van der Waals surface area contributed by atoms with E-state index in [1.54, 1.807) is 0 Å². The van der Waals surface area contributed by atoms with Gasteiger partial charge in [0.25, 0.3) is 0 Å². The second-order valence-electron chi connectivity index (χ2n) is 2.80. The molecule has 4 nitrogen and oxygen atoms in total. The summed E-state index contributed by atoms with van der Waals surface area (Å²) in [4.78, 5) is 4.90. The third-order valence-electron chi connectivity index (χ3n) is 1.77. The van der Waals surface area contributed by atoms with Gasteiger partial charge in [0.2, 0.25) is 0 Å². The summed E-state index contributed by atoms with van der Waals surface area (Å²) in [5, 5.41) is 16.0. The van der Waals surface area contributed by atoms with Gasteiger partial charge in [0.15, 0.2) is 5.82 Å². The quantitative estimate of drug-likeness (QED) is 0.844. The molecule has 0 aliphatic carbocycles. The lowest BCUT2D eigenvalue weighted by Crippen LogP contribution is -2.02. The first-order valence-corrected chi connectivity index (χ1v) is 5.22. The van der Waals surface area contributed by atoms with Crippen LogP contribution in [0.1, 0.15) is 16.8 Å². The number of nitrogens with one attached hydrogen (secondary N) is 1. The number of rotatable bonds is 3. The topological polar surface area (TPSA) is 61.8 Å². The number of aliphatic hydroxyl groups is 1. The first-order chi connectivity index (χ1) is 6.75. The van der Waals surface area contributed by atoms with Crippen molar-refractivity contribution in [2.24, 2.45) is 0 Å². The molecular formula is C8H8ClN3OS. The van der Waals surface area contributed by atoms with Gasteiger partial charge in [0, 0.05) is 11.3 Å². The van der Waals surface area contributed by atoms with Gasteiger partial charge in [-0.1, -0.05) is 11.6 Å². The van der Waals surface area contributed by atoms with Crippen molar-refractivity contribution in [3.05, 3.63) is 33.5 Å². The predicted octanol–water partition coefficient (Wildman–Crippen LogP) is 1.80. The molecule has 0 bridgehead atoms. The maximum Gasteiger partial charge on any atom is 0.153 e. The third-order valence-corrected chi connectivity index (χ3v) is 3.03. The van der Waals surface area contributed by atoms with E-state index in [0.717, 1.165) is 9.21 Å². The Balaban J connectivity index is 2.05. The predicted molar refractivity (Wildman–Crippen MR) is 54.4 cm³/mol. The van der Waals surface area contributed by atoms with E-state index in [2.05, 4.69) is 15.2 Å². The first kappa shape index (κ1) is 9.64. The molecule has 2 aromatic heterocycles. The first-order valence-electron chi connectivity index (χ1n) is 4.03. The summed E-state index contributed by atoms with van der Waals surface area (Å²) in [6.45, 7) is 0. The smallest absolute Gasteiger partial charge is 0.153 e. The lowest BCUT2D eigenvalue weighted by atomic mass is 10.2. The normalized spacial score (nSPS) is 13.0. The summed E-state index contributed by atoms with van der Waals surface area (Å²) >= 11 is 7.23. The highest BCUT2D eigenvalue weighted by Crippen LogP contribution is 2.25. The third kappa shape index (κ3) is 2.12. The Labute approximate surface area is 89.6 Å². The average Bonchev–Trinajstić information content (AvgIpc) is 2.75. The van der Waals surface area contributed by atoms with Gasteiger partial charge in [-0.3, -0.25) is 5.10 Å². The molecule has 2 N–H and O–H groups in total.